The van der Waals surface area contributed by atoms with Crippen LogP contribution in [0, 0.1) is 11.6 Å². The molecule has 1 aliphatic rings. The fourth-order valence-electron chi connectivity index (χ4n) is 3.19. The Bertz CT molecular complexity index is 738. The Labute approximate surface area is 156 Å². The summed E-state index contributed by atoms with van der Waals surface area (Å²) in [5.41, 5.74) is -0.361. The zero-order valence-electron chi connectivity index (χ0n) is 15.2. The minimum absolute atomic E-state index is 0.0540. The van der Waals surface area contributed by atoms with Crippen molar-refractivity contribution in [1.82, 2.24) is 20.4 Å². The Morgan fingerprint density at radius 2 is 1.78 bits per heavy atom. The van der Waals surface area contributed by atoms with Gasteiger partial charge in [-0.2, -0.15) is 4.98 Å². The average molecular weight is 378 g/mol. The van der Waals surface area contributed by atoms with Gasteiger partial charge in [-0.3, -0.25) is 4.79 Å². The lowest BCUT2D eigenvalue weighted by atomic mass is 10.1. The average Bonchev–Trinajstić information content (AvgIpc) is 3.07. The van der Waals surface area contributed by atoms with Crippen LogP contribution < -0.4 is 5.32 Å². The van der Waals surface area contributed by atoms with E-state index in [2.05, 4.69) is 20.4 Å². The Morgan fingerprint density at radius 3 is 2.48 bits per heavy atom. The molecule has 146 valence electrons. The SMILES string of the molecule is O=C(CCN1CCCCCCC1)NCc1noc(-c2c(F)cccc2F)n1. The predicted molar refractivity (Wildman–Crippen MR) is 95.6 cm³/mol. The van der Waals surface area contributed by atoms with Gasteiger partial charge in [-0.05, 0) is 38.1 Å². The molecule has 1 aliphatic heterocycles. The fraction of sp³-hybridized carbons (Fsp3) is 0.526. The molecule has 1 fully saturated rings. The molecular weight excluding hydrogens is 354 g/mol. The van der Waals surface area contributed by atoms with Crippen LogP contribution in [0.15, 0.2) is 22.7 Å². The Morgan fingerprint density at radius 1 is 1.11 bits per heavy atom. The maximum absolute atomic E-state index is 13.7. The van der Waals surface area contributed by atoms with E-state index in [-0.39, 0.29) is 29.7 Å². The molecule has 6 nitrogen and oxygen atoms in total. The van der Waals surface area contributed by atoms with Crippen LogP contribution in [0.25, 0.3) is 11.5 Å². The molecule has 0 unspecified atom stereocenters. The summed E-state index contributed by atoms with van der Waals surface area (Å²) in [6.07, 6.45) is 6.57. The normalized spacial score (nSPS) is 15.9. The third-order valence-electron chi connectivity index (χ3n) is 4.69. The summed E-state index contributed by atoms with van der Waals surface area (Å²) in [7, 11) is 0. The maximum Gasteiger partial charge on any atom is 0.263 e. The topological polar surface area (TPSA) is 71.3 Å². The molecule has 0 bridgehead atoms. The lowest BCUT2D eigenvalue weighted by Gasteiger charge is -2.24. The Kier molecular flexibility index (Phi) is 6.86. The monoisotopic (exact) mass is 378 g/mol. The van der Waals surface area contributed by atoms with E-state index >= 15 is 0 Å². The van der Waals surface area contributed by atoms with Crippen molar-refractivity contribution >= 4 is 5.91 Å². The van der Waals surface area contributed by atoms with Crippen LogP contribution >= 0.6 is 0 Å². The molecule has 27 heavy (non-hydrogen) atoms. The van der Waals surface area contributed by atoms with Crippen molar-refractivity contribution in [1.29, 1.82) is 0 Å². The van der Waals surface area contributed by atoms with Crippen molar-refractivity contribution in [2.24, 2.45) is 0 Å². The first-order chi connectivity index (χ1) is 13.1. The number of hydrogen-bond acceptors (Lipinski definition) is 5. The molecule has 1 aromatic carbocycles. The number of nitrogens with zero attached hydrogens (tertiary/aromatic N) is 3. The minimum atomic E-state index is -0.775. The van der Waals surface area contributed by atoms with Gasteiger partial charge in [0.1, 0.15) is 17.2 Å². The predicted octanol–water partition coefficient (Wildman–Crippen LogP) is 3.29. The number of nitrogens with one attached hydrogen (secondary N) is 1. The lowest BCUT2D eigenvalue weighted by Crippen LogP contribution is -2.32. The first-order valence-corrected chi connectivity index (χ1v) is 9.39. The Hall–Kier alpha value is -2.35. The highest BCUT2D eigenvalue weighted by molar-refractivity contribution is 5.75. The number of rotatable bonds is 6. The number of benzene rings is 1. The van der Waals surface area contributed by atoms with Crippen LogP contribution in [0.5, 0.6) is 0 Å². The van der Waals surface area contributed by atoms with Crippen molar-refractivity contribution in [2.75, 3.05) is 19.6 Å². The molecule has 1 N–H and O–H groups in total. The smallest absolute Gasteiger partial charge is 0.263 e. The molecule has 1 saturated heterocycles. The summed E-state index contributed by atoms with van der Waals surface area (Å²) in [6, 6.07) is 3.50. The molecule has 2 aromatic rings. The molecule has 0 radical (unpaired) electrons. The van der Waals surface area contributed by atoms with Crippen molar-refractivity contribution in [3.63, 3.8) is 0 Å². The molecule has 0 atom stereocenters. The quantitative estimate of drug-likeness (QED) is 0.835. The lowest BCUT2D eigenvalue weighted by molar-refractivity contribution is -0.121. The van der Waals surface area contributed by atoms with Gasteiger partial charge in [0.05, 0.1) is 6.54 Å². The first kappa shape index (κ1) is 19.4. The third-order valence-corrected chi connectivity index (χ3v) is 4.69. The largest absolute Gasteiger partial charge is 0.349 e. The second-order valence-electron chi connectivity index (χ2n) is 6.75. The number of amides is 1. The summed E-state index contributed by atoms with van der Waals surface area (Å²) in [6.45, 7) is 2.85. The van der Waals surface area contributed by atoms with Gasteiger partial charge in [-0.15, -0.1) is 0 Å². The van der Waals surface area contributed by atoms with Gasteiger partial charge in [0.25, 0.3) is 5.89 Å². The minimum Gasteiger partial charge on any atom is -0.349 e. The number of likely N-dealkylation sites (tertiary alicyclic amines) is 1. The van der Waals surface area contributed by atoms with E-state index in [4.69, 9.17) is 4.52 Å². The highest BCUT2D eigenvalue weighted by atomic mass is 19.1. The van der Waals surface area contributed by atoms with Crippen LogP contribution in [0.3, 0.4) is 0 Å². The number of aromatic nitrogens is 2. The van der Waals surface area contributed by atoms with Crippen LogP contribution in [0.4, 0.5) is 8.78 Å². The summed E-state index contributed by atoms with van der Waals surface area (Å²) in [4.78, 5) is 18.3. The summed E-state index contributed by atoms with van der Waals surface area (Å²) in [5.74, 6) is -1.73. The summed E-state index contributed by atoms with van der Waals surface area (Å²) < 4.78 is 32.4. The van der Waals surface area contributed by atoms with Gasteiger partial charge in [0.15, 0.2) is 5.82 Å². The standard InChI is InChI=1S/C19H24F2N4O2/c20-14-7-6-8-15(21)18(14)19-23-16(24-27-19)13-22-17(26)9-12-25-10-4-2-1-3-5-11-25/h6-8H,1-5,9-13H2,(H,22,26). The molecule has 0 spiro atoms. The molecule has 1 aromatic heterocycles. The number of halogens is 2. The van der Waals surface area contributed by atoms with Crippen LogP contribution in [-0.4, -0.2) is 40.6 Å². The van der Waals surface area contributed by atoms with Gasteiger partial charge in [-0.1, -0.05) is 30.5 Å². The molecule has 8 heteroatoms. The maximum atomic E-state index is 13.7. The van der Waals surface area contributed by atoms with E-state index in [1.54, 1.807) is 0 Å². The Balaban J connectivity index is 1.47. The van der Waals surface area contributed by atoms with E-state index in [0.29, 0.717) is 6.42 Å². The van der Waals surface area contributed by atoms with Crippen molar-refractivity contribution in [3.8, 4) is 11.5 Å². The van der Waals surface area contributed by atoms with Gasteiger partial charge in [0, 0.05) is 13.0 Å². The molecule has 0 aliphatic carbocycles. The van der Waals surface area contributed by atoms with Gasteiger partial charge < -0.3 is 14.7 Å². The van der Waals surface area contributed by atoms with Gasteiger partial charge in [-0.25, -0.2) is 8.78 Å². The zero-order valence-corrected chi connectivity index (χ0v) is 15.2. The zero-order chi connectivity index (χ0) is 19.1. The van der Waals surface area contributed by atoms with E-state index < -0.39 is 11.6 Å². The first-order valence-electron chi connectivity index (χ1n) is 9.39. The van der Waals surface area contributed by atoms with E-state index in [9.17, 15) is 13.6 Å². The number of hydrogen-bond donors (Lipinski definition) is 1. The second kappa shape index (κ2) is 9.55. The molecular formula is C19H24F2N4O2. The molecule has 0 saturated carbocycles. The molecule has 2 heterocycles. The van der Waals surface area contributed by atoms with Crippen molar-refractivity contribution in [3.05, 3.63) is 35.7 Å². The van der Waals surface area contributed by atoms with E-state index in [1.807, 2.05) is 0 Å². The van der Waals surface area contributed by atoms with Crippen molar-refractivity contribution < 1.29 is 18.1 Å². The molecule has 3 rings (SSSR count). The van der Waals surface area contributed by atoms with Gasteiger partial charge in [0.2, 0.25) is 5.91 Å². The van der Waals surface area contributed by atoms with Gasteiger partial charge >= 0.3 is 0 Å². The van der Waals surface area contributed by atoms with Crippen LogP contribution in [0.2, 0.25) is 0 Å². The highest BCUT2D eigenvalue weighted by Crippen LogP contribution is 2.24. The third kappa shape index (κ3) is 5.56. The number of carbonyl (C=O) groups excluding carboxylic acids is 1. The summed E-state index contributed by atoms with van der Waals surface area (Å²) >= 11 is 0. The van der Waals surface area contributed by atoms with Crippen molar-refractivity contribution in [2.45, 2.75) is 45.1 Å². The summed E-state index contributed by atoms with van der Waals surface area (Å²) in [5, 5.41) is 6.40. The van der Waals surface area contributed by atoms with E-state index in [1.165, 1.54) is 38.2 Å². The van der Waals surface area contributed by atoms with E-state index in [0.717, 1.165) is 31.8 Å². The van der Waals surface area contributed by atoms with Crippen LogP contribution in [0.1, 0.15) is 44.3 Å². The fourth-order valence-corrected chi connectivity index (χ4v) is 3.19. The molecule has 1 amide bonds. The number of carbonyl (C=O) groups is 1. The second-order valence-corrected chi connectivity index (χ2v) is 6.75. The van der Waals surface area contributed by atoms with Crippen LogP contribution in [-0.2, 0) is 11.3 Å². The highest BCUT2D eigenvalue weighted by Gasteiger charge is 2.18.